The topological polar surface area (TPSA) is 34.2 Å². The highest BCUT2D eigenvalue weighted by Crippen LogP contribution is 2.39. The number of ether oxygens (including phenoxy) is 1. The molecule has 0 saturated heterocycles. The highest BCUT2D eigenvalue weighted by atomic mass is 16.5. The summed E-state index contributed by atoms with van der Waals surface area (Å²) < 4.78 is 5.92. The summed E-state index contributed by atoms with van der Waals surface area (Å²) in [5.74, 6) is 0.932. The van der Waals surface area contributed by atoms with Gasteiger partial charge >= 0.3 is 0 Å². The summed E-state index contributed by atoms with van der Waals surface area (Å²) in [4.78, 5) is 4.22. The smallest absolute Gasteiger partial charge is 0.143 e. The predicted octanol–water partition coefficient (Wildman–Crippen LogP) is 2.96. The Morgan fingerprint density at radius 3 is 2.50 bits per heavy atom. The van der Waals surface area contributed by atoms with Crippen molar-refractivity contribution in [3.8, 4) is 5.75 Å². The van der Waals surface area contributed by atoms with Gasteiger partial charge in [0.2, 0.25) is 0 Å². The van der Waals surface area contributed by atoms with Crippen molar-refractivity contribution in [3.05, 3.63) is 18.0 Å². The molecule has 88 valence electrons. The molecular formula is C13H20N2O. The minimum atomic E-state index is 0.0610. The van der Waals surface area contributed by atoms with Crippen LogP contribution in [-0.4, -0.2) is 18.1 Å². The second kappa shape index (κ2) is 3.96. The Bertz CT molecular complexity index is 378. The summed E-state index contributed by atoms with van der Waals surface area (Å²) in [6, 6.07) is 0. The summed E-state index contributed by atoms with van der Waals surface area (Å²) in [5.41, 5.74) is 2.34. The molecule has 0 spiro atoms. The number of hydrogen-bond acceptors (Lipinski definition) is 3. The van der Waals surface area contributed by atoms with Crippen molar-refractivity contribution in [3.63, 3.8) is 0 Å². The van der Waals surface area contributed by atoms with Crippen molar-refractivity contribution in [2.75, 3.05) is 12.4 Å². The fourth-order valence-electron chi connectivity index (χ4n) is 1.86. The lowest BCUT2D eigenvalue weighted by molar-refractivity contribution is 0.294. The van der Waals surface area contributed by atoms with Crippen LogP contribution in [0.2, 0.25) is 0 Å². The molecule has 16 heavy (non-hydrogen) atoms. The summed E-state index contributed by atoms with van der Waals surface area (Å²) in [6.07, 6.45) is 6.45. The third-order valence-electron chi connectivity index (χ3n) is 2.75. The molecule has 0 atom stereocenters. The summed E-state index contributed by atoms with van der Waals surface area (Å²) in [7, 11) is 1.92. The molecule has 2 rings (SSSR count). The molecule has 1 heterocycles. The van der Waals surface area contributed by atoms with Gasteiger partial charge in [0.05, 0.1) is 24.2 Å². The molecule has 0 unspecified atom stereocenters. The molecule has 1 N–H and O–H groups in total. The van der Waals surface area contributed by atoms with Gasteiger partial charge in [-0.25, -0.2) is 0 Å². The molecule has 1 fully saturated rings. The second-order valence-corrected chi connectivity index (χ2v) is 5.38. The third kappa shape index (κ3) is 2.29. The van der Waals surface area contributed by atoms with E-state index in [0.29, 0.717) is 6.10 Å². The Balaban J connectivity index is 2.41. The zero-order chi connectivity index (χ0) is 11.8. The van der Waals surface area contributed by atoms with Crippen molar-refractivity contribution < 1.29 is 4.74 Å². The summed E-state index contributed by atoms with van der Waals surface area (Å²) in [5, 5.41) is 3.19. The van der Waals surface area contributed by atoms with Crippen molar-refractivity contribution in [1.29, 1.82) is 0 Å². The average Bonchev–Trinajstić information content (AvgIpc) is 2.99. The first-order valence-electron chi connectivity index (χ1n) is 5.85. The van der Waals surface area contributed by atoms with Gasteiger partial charge in [-0.05, 0) is 18.3 Å². The first kappa shape index (κ1) is 11.2. The van der Waals surface area contributed by atoms with Crippen LogP contribution in [0.4, 0.5) is 5.69 Å². The SMILES string of the molecule is CNc1cncc(OC2CC2)c1C(C)(C)C. The highest BCUT2D eigenvalue weighted by Gasteiger charge is 2.28. The van der Waals surface area contributed by atoms with E-state index in [2.05, 4.69) is 31.1 Å². The molecule has 1 saturated carbocycles. The van der Waals surface area contributed by atoms with E-state index < -0.39 is 0 Å². The summed E-state index contributed by atoms with van der Waals surface area (Å²) in [6.45, 7) is 6.59. The van der Waals surface area contributed by atoms with E-state index in [0.717, 1.165) is 11.4 Å². The number of pyridine rings is 1. The number of rotatable bonds is 3. The first-order chi connectivity index (χ1) is 7.52. The van der Waals surface area contributed by atoms with Crippen LogP contribution >= 0.6 is 0 Å². The van der Waals surface area contributed by atoms with Gasteiger partial charge in [-0.15, -0.1) is 0 Å². The standard InChI is InChI=1S/C13H20N2O/c1-13(2,3)12-10(14-4)7-15-8-11(12)16-9-5-6-9/h7-9,14H,5-6H2,1-4H3. The number of anilines is 1. The van der Waals surface area contributed by atoms with E-state index in [1.54, 1.807) is 0 Å². The Kier molecular flexibility index (Phi) is 2.78. The maximum atomic E-state index is 5.92. The normalized spacial score (nSPS) is 16.0. The van der Waals surface area contributed by atoms with Gasteiger partial charge < -0.3 is 10.1 Å². The molecule has 1 aromatic rings. The van der Waals surface area contributed by atoms with Gasteiger partial charge in [-0.3, -0.25) is 4.98 Å². The fraction of sp³-hybridized carbons (Fsp3) is 0.615. The molecule has 1 aliphatic carbocycles. The van der Waals surface area contributed by atoms with Crippen LogP contribution in [0, 0.1) is 0 Å². The summed E-state index contributed by atoms with van der Waals surface area (Å²) >= 11 is 0. The van der Waals surface area contributed by atoms with Gasteiger partial charge in [-0.1, -0.05) is 20.8 Å². The maximum Gasteiger partial charge on any atom is 0.143 e. The van der Waals surface area contributed by atoms with E-state index in [9.17, 15) is 0 Å². The molecule has 3 heteroatoms. The molecule has 0 bridgehead atoms. The van der Waals surface area contributed by atoms with Crippen LogP contribution in [-0.2, 0) is 5.41 Å². The van der Waals surface area contributed by atoms with Gasteiger partial charge in [0.1, 0.15) is 5.75 Å². The van der Waals surface area contributed by atoms with Gasteiger partial charge in [0.25, 0.3) is 0 Å². The average molecular weight is 220 g/mol. The molecular weight excluding hydrogens is 200 g/mol. The van der Waals surface area contributed by atoms with E-state index >= 15 is 0 Å². The van der Waals surface area contributed by atoms with Crippen LogP contribution in [0.3, 0.4) is 0 Å². The van der Waals surface area contributed by atoms with E-state index in [4.69, 9.17) is 4.74 Å². The number of nitrogens with one attached hydrogen (secondary N) is 1. The lowest BCUT2D eigenvalue weighted by Crippen LogP contribution is -2.17. The van der Waals surface area contributed by atoms with E-state index in [1.807, 2.05) is 19.4 Å². The van der Waals surface area contributed by atoms with E-state index in [1.165, 1.54) is 18.4 Å². The number of aromatic nitrogens is 1. The van der Waals surface area contributed by atoms with Crippen molar-refractivity contribution >= 4 is 5.69 Å². The van der Waals surface area contributed by atoms with Crippen LogP contribution < -0.4 is 10.1 Å². The van der Waals surface area contributed by atoms with Crippen molar-refractivity contribution in [1.82, 2.24) is 4.98 Å². The molecule has 0 aromatic carbocycles. The molecule has 0 amide bonds. The highest BCUT2D eigenvalue weighted by molar-refractivity contribution is 5.58. The maximum absolute atomic E-state index is 5.92. The monoisotopic (exact) mass is 220 g/mol. The fourth-order valence-corrected chi connectivity index (χ4v) is 1.86. The molecule has 0 radical (unpaired) electrons. The zero-order valence-corrected chi connectivity index (χ0v) is 10.5. The van der Waals surface area contributed by atoms with E-state index in [-0.39, 0.29) is 5.41 Å². The van der Waals surface area contributed by atoms with Gasteiger partial charge in [0.15, 0.2) is 0 Å². The largest absolute Gasteiger partial charge is 0.488 e. The van der Waals surface area contributed by atoms with Gasteiger partial charge in [-0.2, -0.15) is 0 Å². The molecule has 1 aliphatic rings. The lowest BCUT2D eigenvalue weighted by Gasteiger charge is -2.25. The second-order valence-electron chi connectivity index (χ2n) is 5.38. The van der Waals surface area contributed by atoms with Crippen LogP contribution in [0.25, 0.3) is 0 Å². The Morgan fingerprint density at radius 1 is 1.31 bits per heavy atom. The Morgan fingerprint density at radius 2 is 2.00 bits per heavy atom. The Labute approximate surface area is 97.2 Å². The minimum absolute atomic E-state index is 0.0610. The molecule has 0 aliphatic heterocycles. The first-order valence-corrected chi connectivity index (χ1v) is 5.85. The van der Waals surface area contributed by atoms with Crippen molar-refractivity contribution in [2.24, 2.45) is 0 Å². The van der Waals surface area contributed by atoms with Crippen LogP contribution in [0.15, 0.2) is 12.4 Å². The van der Waals surface area contributed by atoms with Gasteiger partial charge in [0, 0.05) is 12.6 Å². The lowest BCUT2D eigenvalue weighted by atomic mass is 9.86. The van der Waals surface area contributed by atoms with Crippen LogP contribution in [0.5, 0.6) is 5.75 Å². The quantitative estimate of drug-likeness (QED) is 0.850. The zero-order valence-electron chi connectivity index (χ0n) is 10.5. The number of nitrogens with zero attached hydrogens (tertiary/aromatic N) is 1. The number of hydrogen-bond donors (Lipinski definition) is 1. The molecule has 1 aromatic heterocycles. The van der Waals surface area contributed by atoms with Crippen LogP contribution in [0.1, 0.15) is 39.2 Å². The minimum Gasteiger partial charge on any atom is -0.488 e. The molecule has 3 nitrogen and oxygen atoms in total. The predicted molar refractivity (Wildman–Crippen MR) is 66.1 cm³/mol. The Hall–Kier alpha value is -1.25. The third-order valence-corrected chi connectivity index (χ3v) is 2.75. The van der Waals surface area contributed by atoms with Crippen molar-refractivity contribution in [2.45, 2.75) is 45.1 Å².